The summed E-state index contributed by atoms with van der Waals surface area (Å²) in [6.07, 6.45) is 0. The van der Waals surface area contributed by atoms with E-state index in [4.69, 9.17) is 14.4 Å². The molecule has 0 radical (unpaired) electrons. The van der Waals surface area contributed by atoms with Gasteiger partial charge in [0.05, 0.1) is 27.6 Å². The SMILES string of the molecule is CC1(C)c2ccccc2-c2c1c1ccccc1c1c2c2ccc3oc4ccccc4c3c2n1-c1nc(-c2ccccc2)c2ccccc2n1. The quantitative estimate of drug-likeness (QED) is 0.192. The van der Waals surface area contributed by atoms with Gasteiger partial charge < -0.3 is 4.42 Å². The molecule has 1 aliphatic carbocycles. The first-order valence-corrected chi connectivity index (χ1v) is 16.9. The van der Waals surface area contributed by atoms with Crippen molar-refractivity contribution in [2.24, 2.45) is 0 Å². The second kappa shape index (κ2) is 9.42. The van der Waals surface area contributed by atoms with Gasteiger partial charge in [0.2, 0.25) is 5.95 Å². The second-order valence-electron chi connectivity index (χ2n) is 13.7. The van der Waals surface area contributed by atoms with Crippen molar-refractivity contribution in [1.82, 2.24) is 14.5 Å². The van der Waals surface area contributed by atoms with Crippen molar-refractivity contribution in [3.63, 3.8) is 0 Å². The molecule has 0 amide bonds. The summed E-state index contributed by atoms with van der Waals surface area (Å²) in [5.41, 5.74) is 11.9. The van der Waals surface area contributed by atoms with Crippen LogP contribution in [0.3, 0.4) is 0 Å². The lowest BCUT2D eigenvalue weighted by Crippen LogP contribution is -2.15. The van der Waals surface area contributed by atoms with Crippen LogP contribution in [0, 0.1) is 0 Å². The number of rotatable bonds is 2. The number of para-hydroxylation sites is 2. The van der Waals surface area contributed by atoms with E-state index >= 15 is 0 Å². The van der Waals surface area contributed by atoms with Crippen molar-refractivity contribution in [3.8, 4) is 28.3 Å². The molecule has 0 saturated carbocycles. The number of hydrogen-bond acceptors (Lipinski definition) is 3. The molecule has 0 N–H and O–H groups in total. The first kappa shape index (κ1) is 26.8. The van der Waals surface area contributed by atoms with E-state index in [1.807, 2.05) is 12.1 Å². The van der Waals surface area contributed by atoms with E-state index in [-0.39, 0.29) is 5.41 Å². The predicted molar refractivity (Wildman–Crippen MR) is 202 cm³/mol. The Morgan fingerprint density at radius 3 is 2.06 bits per heavy atom. The number of furan rings is 1. The number of fused-ring (bicyclic) bond motifs is 15. The van der Waals surface area contributed by atoms with Crippen molar-refractivity contribution in [2.75, 3.05) is 0 Å². The molecule has 10 aromatic rings. The maximum atomic E-state index is 6.53. The van der Waals surface area contributed by atoms with E-state index in [0.717, 1.165) is 55.1 Å². The van der Waals surface area contributed by atoms with Gasteiger partial charge in [0.15, 0.2) is 0 Å². The van der Waals surface area contributed by atoms with Crippen molar-refractivity contribution in [3.05, 3.63) is 151 Å². The Labute approximate surface area is 281 Å². The van der Waals surface area contributed by atoms with E-state index in [1.165, 1.54) is 43.8 Å². The lowest BCUT2D eigenvalue weighted by molar-refractivity contribution is 0.666. The molecular weight excluding hydrogens is 599 g/mol. The van der Waals surface area contributed by atoms with Crippen LogP contribution in [0.15, 0.2) is 144 Å². The number of benzene rings is 7. The molecule has 11 rings (SSSR count). The standard InChI is InChI=1S/C45H29N3O/c1-45(2)33-21-11-8-18-29(33)38-39-32-24-25-36-37(31-20-10-13-23-35(31)49-36)43(32)48(42(39)28-17-7-6-16-27(28)40(38)45)44-46-34-22-12-9-19-30(34)41(47-44)26-14-4-3-5-15-26/h3-25H,1-2H3. The van der Waals surface area contributed by atoms with Crippen molar-refractivity contribution in [2.45, 2.75) is 19.3 Å². The smallest absolute Gasteiger partial charge is 0.235 e. The van der Waals surface area contributed by atoms with E-state index in [1.54, 1.807) is 0 Å². The van der Waals surface area contributed by atoms with Crippen LogP contribution in [0.4, 0.5) is 0 Å². The zero-order valence-corrected chi connectivity index (χ0v) is 27.0. The summed E-state index contributed by atoms with van der Waals surface area (Å²) in [5.74, 6) is 0.644. The van der Waals surface area contributed by atoms with Crippen LogP contribution >= 0.6 is 0 Å². The van der Waals surface area contributed by atoms with Crippen LogP contribution < -0.4 is 0 Å². The van der Waals surface area contributed by atoms with Crippen molar-refractivity contribution < 1.29 is 4.42 Å². The number of hydrogen-bond donors (Lipinski definition) is 0. The molecule has 49 heavy (non-hydrogen) atoms. The number of nitrogens with zero attached hydrogens (tertiary/aromatic N) is 3. The highest BCUT2D eigenvalue weighted by Crippen LogP contribution is 2.57. The molecule has 0 bridgehead atoms. The first-order valence-electron chi connectivity index (χ1n) is 16.9. The summed E-state index contributed by atoms with van der Waals surface area (Å²) >= 11 is 0. The minimum absolute atomic E-state index is 0.180. The molecule has 0 aliphatic heterocycles. The zero-order valence-electron chi connectivity index (χ0n) is 27.0. The summed E-state index contributed by atoms with van der Waals surface area (Å²) in [6.45, 7) is 4.74. The Balaban J connectivity index is 1.44. The molecule has 0 atom stereocenters. The molecule has 7 aromatic carbocycles. The maximum absolute atomic E-state index is 6.53. The highest BCUT2D eigenvalue weighted by atomic mass is 16.3. The van der Waals surface area contributed by atoms with Gasteiger partial charge in [-0.1, -0.05) is 129 Å². The summed E-state index contributed by atoms with van der Waals surface area (Å²) in [4.78, 5) is 10.8. The van der Waals surface area contributed by atoms with Gasteiger partial charge in [-0.05, 0) is 51.9 Å². The van der Waals surface area contributed by atoms with E-state index in [2.05, 4.69) is 146 Å². The maximum Gasteiger partial charge on any atom is 0.235 e. The van der Waals surface area contributed by atoms with Crippen molar-refractivity contribution >= 4 is 65.4 Å². The fourth-order valence-electron chi connectivity index (χ4n) is 8.74. The molecule has 0 unspecified atom stereocenters. The van der Waals surface area contributed by atoms with Crippen molar-refractivity contribution in [1.29, 1.82) is 0 Å². The molecule has 4 heteroatoms. The van der Waals surface area contributed by atoms with Gasteiger partial charge in [0.1, 0.15) is 11.2 Å². The molecule has 0 spiro atoms. The molecule has 3 heterocycles. The Bertz CT molecular complexity index is 3020. The van der Waals surface area contributed by atoms with Gasteiger partial charge in [-0.25, -0.2) is 9.97 Å². The highest BCUT2D eigenvalue weighted by molar-refractivity contribution is 6.32. The van der Waals surface area contributed by atoms with Crippen LogP contribution in [-0.2, 0) is 5.41 Å². The summed E-state index contributed by atoms with van der Waals surface area (Å²) < 4.78 is 8.86. The van der Waals surface area contributed by atoms with Crippen LogP contribution in [0.25, 0.3) is 93.8 Å². The highest BCUT2D eigenvalue weighted by Gasteiger charge is 2.40. The second-order valence-corrected chi connectivity index (χ2v) is 13.7. The fraction of sp³-hybridized carbons (Fsp3) is 0.0667. The monoisotopic (exact) mass is 627 g/mol. The Kier molecular flexibility index (Phi) is 5.15. The topological polar surface area (TPSA) is 43.9 Å². The van der Waals surface area contributed by atoms with E-state index in [9.17, 15) is 0 Å². The minimum Gasteiger partial charge on any atom is -0.456 e. The average Bonchev–Trinajstić information content (AvgIpc) is 3.77. The average molecular weight is 628 g/mol. The molecule has 3 aromatic heterocycles. The first-order chi connectivity index (χ1) is 24.1. The van der Waals surface area contributed by atoms with Gasteiger partial charge in [0, 0.05) is 37.9 Å². The minimum atomic E-state index is -0.180. The third kappa shape index (κ3) is 3.42. The molecule has 1 aliphatic rings. The Morgan fingerprint density at radius 1 is 0.531 bits per heavy atom. The zero-order chi connectivity index (χ0) is 32.4. The van der Waals surface area contributed by atoms with Gasteiger partial charge in [0.25, 0.3) is 0 Å². The van der Waals surface area contributed by atoms with Crippen LogP contribution in [0.5, 0.6) is 0 Å². The largest absolute Gasteiger partial charge is 0.456 e. The van der Waals surface area contributed by atoms with Gasteiger partial charge in [-0.2, -0.15) is 0 Å². The number of aromatic nitrogens is 3. The summed E-state index contributed by atoms with van der Waals surface area (Å²) in [6, 6.07) is 49.4. The lowest BCUT2D eigenvalue weighted by atomic mass is 9.79. The molecule has 0 saturated heterocycles. The predicted octanol–water partition coefficient (Wildman–Crippen LogP) is 11.8. The van der Waals surface area contributed by atoms with Gasteiger partial charge >= 0.3 is 0 Å². The molecule has 4 nitrogen and oxygen atoms in total. The van der Waals surface area contributed by atoms with Gasteiger partial charge in [-0.3, -0.25) is 4.57 Å². The van der Waals surface area contributed by atoms with Crippen LogP contribution in [0.2, 0.25) is 0 Å². The lowest BCUT2D eigenvalue weighted by Gasteiger charge is -2.23. The third-order valence-corrected chi connectivity index (χ3v) is 10.8. The molecular formula is C45H29N3O. The van der Waals surface area contributed by atoms with Crippen LogP contribution in [-0.4, -0.2) is 14.5 Å². The normalized spacial score (nSPS) is 13.7. The Morgan fingerprint density at radius 2 is 1.20 bits per heavy atom. The molecule has 230 valence electrons. The van der Waals surface area contributed by atoms with Gasteiger partial charge in [-0.15, -0.1) is 0 Å². The van der Waals surface area contributed by atoms with E-state index < -0.39 is 0 Å². The summed E-state index contributed by atoms with van der Waals surface area (Å²) in [7, 11) is 0. The molecule has 0 fully saturated rings. The van der Waals surface area contributed by atoms with Crippen LogP contribution in [0.1, 0.15) is 25.0 Å². The Hall–Kier alpha value is -6.26. The third-order valence-electron chi connectivity index (χ3n) is 10.8. The fourth-order valence-corrected chi connectivity index (χ4v) is 8.74. The summed E-state index contributed by atoms with van der Waals surface area (Å²) in [5, 5.41) is 8.02. The van der Waals surface area contributed by atoms with E-state index in [0.29, 0.717) is 5.95 Å².